The first kappa shape index (κ1) is 15.8. The summed E-state index contributed by atoms with van der Waals surface area (Å²) in [5, 5.41) is 11.2. The lowest BCUT2D eigenvalue weighted by Gasteiger charge is -2.01. The van der Waals surface area contributed by atoms with Crippen LogP contribution in [0.2, 0.25) is 0 Å². The minimum atomic E-state index is -0.977. The molecular formula is C16H18N2O4. The lowest BCUT2D eigenvalue weighted by atomic mass is 10.1. The van der Waals surface area contributed by atoms with Crippen LogP contribution in [0.3, 0.4) is 0 Å². The number of benzene rings is 1. The molecule has 0 bridgehead atoms. The van der Waals surface area contributed by atoms with E-state index >= 15 is 0 Å². The highest BCUT2D eigenvalue weighted by Crippen LogP contribution is 2.19. The number of carboxylic acids is 1. The largest absolute Gasteiger partial charge is 0.481 e. The van der Waals surface area contributed by atoms with Crippen molar-refractivity contribution in [1.82, 2.24) is 10.3 Å². The number of nitrogens with one attached hydrogen (secondary N) is 1. The molecule has 0 aliphatic heterocycles. The molecule has 0 saturated carbocycles. The fraction of sp³-hybridized carbons (Fsp3) is 0.312. The van der Waals surface area contributed by atoms with E-state index in [-0.39, 0.29) is 18.7 Å². The minimum absolute atomic E-state index is 0.0111. The van der Waals surface area contributed by atoms with Crippen molar-refractivity contribution in [1.29, 1.82) is 0 Å². The van der Waals surface area contributed by atoms with Crippen molar-refractivity contribution < 1.29 is 19.1 Å². The molecule has 116 valence electrons. The smallest absolute Gasteiger partial charge is 0.303 e. The van der Waals surface area contributed by atoms with Gasteiger partial charge in [-0.05, 0) is 19.1 Å². The molecule has 0 spiro atoms. The van der Waals surface area contributed by atoms with Gasteiger partial charge in [0.2, 0.25) is 11.8 Å². The molecule has 1 heterocycles. The first-order valence-corrected chi connectivity index (χ1v) is 7.04. The van der Waals surface area contributed by atoms with E-state index in [2.05, 4.69) is 10.3 Å². The highest BCUT2D eigenvalue weighted by atomic mass is 16.4. The molecule has 0 saturated heterocycles. The standard InChI is InChI=1S/C16H18N2O4/c1-11-2-4-12(5-3-11)16-18-13(10-22-16)8-9-17-14(19)6-7-15(20)21/h2-5,10H,6-9H2,1H3,(H,17,19)(H,20,21). The van der Waals surface area contributed by atoms with Gasteiger partial charge in [0, 0.05) is 24.9 Å². The maximum atomic E-state index is 11.4. The molecule has 0 aliphatic carbocycles. The van der Waals surface area contributed by atoms with Gasteiger partial charge < -0.3 is 14.8 Å². The monoisotopic (exact) mass is 302 g/mol. The van der Waals surface area contributed by atoms with Crippen LogP contribution in [0.15, 0.2) is 34.9 Å². The third kappa shape index (κ3) is 4.73. The number of rotatable bonds is 7. The molecule has 0 atom stereocenters. The Hall–Kier alpha value is -2.63. The highest BCUT2D eigenvalue weighted by Gasteiger charge is 2.08. The summed E-state index contributed by atoms with van der Waals surface area (Å²) in [4.78, 5) is 26.1. The number of aromatic nitrogens is 1. The number of nitrogens with zero attached hydrogens (tertiary/aromatic N) is 1. The molecule has 2 rings (SSSR count). The zero-order chi connectivity index (χ0) is 15.9. The predicted molar refractivity (Wildman–Crippen MR) is 80.3 cm³/mol. The highest BCUT2D eigenvalue weighted by molar-refractivity contribution is 5.80. The van der Waals surface area contributed by atoms with Crippen LogP contribution in [0.1, 0.15) is 24.1 Å². The second-order valence-corrected chi connectivity index (χ2v) is 5.00. The van der Waals surface area contributed by atoms with Crippen molar-refractivity contribution in [2.24, 2.45) is 0 Å². The van der Waals surface area contributed by atoms with Gasteiger partial charge in [-0.2, -0.15) is 0 Å². The Kier molecular flexibility index (Phi) is 5.30. The Balaban J connectivity index is 1.81. The summed E-state index contributed by atoms with van der Waals surface area (Å²) in [6.45, 7) is 2.41. The third-order valence-corrected chi connectivity index (χ3v) is 3.12. The lowest BCUT2D eigenvalue weighted by Crippen LogP contribution is -2.26. The van der Waals surface area contributed by atoms with Crippen LogP contribution in [0.5, 0.6) is 0 Å². The Morgan fingerprint density at radius 1 is 1.23 bits per heavy atom. The number of hydrogen-bond donors (Lipinski definition) is 2. The maximum absolute atomic E-state index is 11.4. The predicted octanol–water partition coefficient (Wildman–Crippen LogP) is 2.17. The van der Waals surface area contributed by atoms with E-state index < -0.39 is 5.97 Å². The Morgan fingerprint density at radius 3 is 2.64 bits per heavy atom. The molecule has 2 N–H and O–H groups in total. The van der Waals surface area contributed by atoms with Crippen LogP contribution in [0.4, 0.5) is 0 Å². The molecule has 0 radical (unpaired) electrons. The average molecular weight is 302 g/mol. The molecule has 0 aliphatic rings. The van der Waals surface area contributed by atoms with Crippen LogP contribution < -0.4 is 5.32 Å². The summed E-state index contributed by atoms with van der Waals surface area (Å²) in [6.07, 6.45) is 1.93. The quantitative estimate of drug-likeness (QED) is 0.817. The SMILES string of the molecule is Cc1ccc(-c2nc(CCNC(=O)CCC(=O)O)co2)cc1. The Bertz CT molecular complexity index is 646. The summed E-state index contributed by atoms with van der Waals surface area (Å²) in [6, 6.07) is 7.86. The van der Waals surface area contributed by atoms with Gasteiger partial charge in [-0.1, -0.05) is 17.7 Å². The average Bonchev–Trinajstić information content (AvgIpc) is 2.95. The normalized spacial score (nSPS) is 10.4. The molecule has 0 unspecified atom stereocenters. The number of aliphatic carboxylic acids is 1. The molecule has 6 nitrogen and oxygen atoms in total. The number of carboxylic acid groups (broad SMARTS) is 1. The summed E-state index contributed by atoms with van der Waals surface area (Å²) in [5.41, 5.74) is 2.82. The Labute approximate surface area is 128 Å². The first-order valence-electron chi connectivity index (χ1n) is 7.04. The fourth-order valence-corrected chi connectivity index (χ4v) is 1.89. The second-order valence-electron chi connectivity index (χ2n) is 5.00. The van der Waals surface area contributed by atoms with Crippen molar-refractivity contribution in [3.8, 4) is 11.5 Å². The number of amides is 1. The van der Waals surface area contributed by atoms with Crippen LogP contribution in [-0.2, 0) is 16.0 Å². The summed E-state index contributed by atoms with van der Waals surface area (Å²) in [7, 11) is 0. The van der Waals surface area contributed by atoms with E-state index in [9.17, 15) is 9.59 Å². The lowest BCUT2D eigenvalue weighted by molar-refractivity contribution is -0.138. The topological polar surface area (TPSA) is 92.4 Å². The van der Waals surface area contributed by atoms with Crippen molar-refractivity contribution in [3.63, 3.8) is 0 Å². The van der Waals surface area contributed by atoms with E-state index in [1.807, 2.05) is 31.2 Å². The molecule has 6 heteroatoms. The molecular weight excluding hydrogens is 284 g/mol. The van der Waals surface area contributed by atoms with Crippen LogP contribution in [0.25, 0.3) is 11.5 Å². The first-order chi connectivity index (χ1) is 10.5. The van der Waals surface area contributed by atoms with Gasteiger partial charge in [0.15, 0.2) is 0 Å². The number of oxazole rings is 1. The molecule has 1 aromatic carbocycles. The number of carbonyl (C=O) groups is 2. The third-order valence-electron chi connectivity index (χ3n) is 3.12. The van der Waals surface area contributed by atoms with Crippen molar-refractivity contribution >= 4 is 11.9 Å². The van der Waals surface area contributed by atoms with E-state index in [4.69, 9.17) is 9.52 Å². The van der Waals surface area contributed by atoms with Gasteiger partial charge in [-0.3, -0.25) is 9.59 Å². The van der Waals surface area contributed by atoms with E-state index in [0.29, 0.717) is 18.9 Å². The zero-order valence-corrected chi connectivity index (χ0v) is 12.3. The molecule has 1 amide bonds. The van der Waals surface area contributed by atoms with Gasteiger partial charge in [-0.25, -0.2) is 4.98 Å². The van der Waals surface area contributed by atoms with Crippen LogP contribution in [0, 0.1) is 6.92 Å². The number of aryl methyl sites for hydroxylation is 1. The van der Waals surface area contributed by atoms with Crippen LogP contribution >= 0.6 is 0 Å². The number of hydrogen-bond acceptors (Lipinski definition) is 4. The van der Waals surface area contributed by atoms with Crippen LogP contribution in [-0.4, -0.2) is 28.5 Å². The molecule has 2 aromatic rings. The summed E-state index contributed by atoms with van der Waals surface area (Å²) >= 11 is 0. The zero-order valence-electron chi connectivity index (χ0n) is 12.3. The van der Waals surface area contributed by atoms with Gasteiger partial charge in [-0.15, -0.1) is 0 Å². The van der Waals surface area contributed by atoms with Crippen molar-refractivity contribution in [2.75, 3.05) is 6.54 Å². The van der Waals surface area contributed by atoms with Crippen molar-refractivity contribution in [2.45, 2.75) is 26.2 Å². The minimum Gasteiger partial charge on any atom is -0.481 e. The van der Waals surface area contributed by atoms with E-state index in [1.165, 1.54) is 5.56 Å². The van der Waals surface area contributed by atoms with E-state index in [1.54, 1.807) is 6.26 Å². The van der Waals surface area contributed by atoms with Gasteiger partial charge in [0.05, 0.1) is 12.1 Å². The Morgan fingerprint density at radius 2 is 1.95 bits per heavy atom. The summed E-state index contributed by atoms with van der Waals surface area (Å²) in [5.74, 6) is -0.703. The maximum Gasteiger partial charge on any atom is 0.303 e. The van der Waals surface area contributed by atoms with Gasteiger partial charge in [0.25, 0.3) is 0 Å². The molecule has 1 aromatic heterocycles. The number of carbonyl (C=O) groups excluding carboxylic acids is 1. The summed E-state index contributed by atoms with van der Waals surface area (Å²) < 4.78 is 5.43. The van der Waals surface area contributed by atoms with Crippen molar-refractivity contribution in [3.05, 3.63) is 41.8 Å². The fourth-order valence-electron chi connectivity index (χ4n) is 1.89. The second kappa shape index (κ2) is 7.40. The van der Waals surface area contributed by atoms with Gasteiger partial charge >= 0.3 is 5.97 Å². The molecule has 0 fully saturated rings. The van der Waals surface area contributed by atoms with Gasteiger partial charge in [0.1, 0.15) is 6.26 Å². The molecule has 22 heavy (non-hydrogen) atoms. The van der Waals surface area contributed by atoms with E-state index in [0.717, 1.165) is 11.3 Å².